The summed E-state index contributed by atoms with van der Waals surface area (Å²) in [6.45, 7) is 1.91. The number of aromatic nitrogens is 4. The van der Waals surface area contributed by atoms with E-state index >= 15 is 0 Å². The first-order chi connectivity index (χ1) is 15.0. The van der Waals surface area contributed by atoms with Gasteiger partial charge in [-0.15, -0.1) is 10.2 Å². The highest BCUT2D eigenvalue weighted by Crippen LogP contribution is 2.31. The molecule has 7 nitrogen and oxygen atoms in total. The molecule has 0 aliphatic heterocycles. The average Bonchev–Trinajstić information content (AvgIpc) is 3.32. The Bertz CT molecular complexity index is 1230. The maximum atomic E-state index is 12.9. The monoisotopic (exact) mass is 436 g/mol. The van der Waals surface area contributed by atoms with Crippen LogP contribution >= 0.6 is 11.8 Å². The number of fused-ring (bicyclic) bond motifs is 1. The second-order valence-corrected chi connectivity index (χ2v) is 8.14. The molecule has 0 aliphatic carbocycles. The van der Waals surface area contributed by atoms with Crippen LogP contribution in [0.1, 0.15) is 29.2 Å². The molecule has 0 aliphatic rings. The Morgan fingerprint density at radius 1 is 1.06 bits per heavy atom. The van der Waals surface area contributed by atoms with Gasteiger partial charge in [0.25, 0.3) is 0 Å². The number of benzene rings is 2. The maximum Gasteiger partial charge on any atom is 0.191 e. The lowest BCUT2D eigenvalue weighted by Crippen LogP contribution is -2.11. The summed E-state index contributed by atoms with van der Waals surface area (Å²) in [5.41, 5.74) is 1.76. The molecule has 160 valence electrons. The number of thioether (sulfide) groups is 1. The SMILES string of the molecule is COc1ccccc1OC(C)c1nnc(SCC(=O)c2cn(C)c3ccccc23)n1C. The molecule has 0 amide bonds. The van der Waals surface area contributed by atoms with Crippen molar-refractivity contribution in [3.05, 3.63) is 66.1 Å². The van der Waals surface area contributed by atoms with Crippen LogP contribution < -0.4 is 9.47 Å². The van der Waals surface area contributed by atoms with E-state index < -0.39 is 0 Å². The summed E-state index contributed by atoms with van der Waals surface area (Å²) in [5.74, 6) is 2.31. The third kappa shape index (κ3) is 4.16. The van der Waals surface area contributed by atoms with E-state index in [2.05, 4.69) is 10.2 Å². The van der Waals surface area contributed by atoms with Gasteiger partial charge >= 0.3 is 0 Å². The fourth-order valence-corrected chi connectivity index (χ4v) is 4.34. The Hall–Kier alpha value is -3.26. The van der Waals surface area contributed by atoms with E-state index in [1.54, 1.807) is 7.11 Å². The number of rotatable bonds is 8. The topological polar surface area (TPSA) is 71.2 Å². The summed E-state index contributed by atoms with van der Waals surface area (Å²) >= 11 is 1.37. The van der Waals surface area contributed by atoms with E-state index in [1.807, 2.05) is 84.9 Å². The van der Waals surface area contributed by atoms with Crippen LogP contribution in [0.25, 0.3) is 10.9 Å². The van der Waals surface area contributed by atoms with Gasteiger partial charge < -0.3 is 18.6 Å². The van der Waals surface area contributed by atoms with Crippen molar-refractivity contribution >= 4 is 28.4 Å². The number of hydrogen-bond donors (Lipinski definition) is 0. The van der Waals surface area contributed by atoms with Crippen LogP contribution in [0.4, 0.5) is 0 Å². The standard InChI is InChI=1S/C23H24N4O3S/c1-15(30-21-12-8-7-11-20(21)29-4)22-24-25-23(27(22)3)31-14-19(28)17-13-26(2)18-10-6-5-9-16(17)18/h5-13,15H,14H2,1-4H3. The van der Waals surface area contributed by atoms with Crippen molar-refractivity contribution in [3.8, 4) is 11.5 Å². The molecule has 8 heteroatoms. The number of methoxy groups -OCH3 is 1. The lowest BCUT2D eigenvalue weighted by Gasteiger charge is -2.16. The van der Waals surface area contributed by atoms with E-state index in [9.17, 15) is 4.79 Å². The molecule has 0 spiro atoms. The van der Waals surface area contributed by atoms with Crippen molar-refractivity contribution in [2.75, 3.05) is 12.9 Å². The zero-order chi connectivity index (χ0) is 22.0. The highest BCUT2D eigenvalue weighted by Gasteiger charge is 2.20. The van der Waals surface area contributed by atoms with Gasteiger partial charge in [-0.25, -0.2) is 0 Å². The Balaban J connectivity index is 1.46. The van der Waals surface area contributed by atoms with E-state index in [1.165, 1.54) is 11.8 Å². The number of nitrogens with zero attached hydrogens (tertiary/aromatic N) is 4. The molecule has 0 bridgehead atoms. The summed E-state index contributed by atoms with van der Waals surface area (Å²) in [7, 11) is 5.43. The van der Waals surface area contributed by atoms with E-state index in [0.29, 0.717) is 22.5 Å². The molecule has 2 aromatic carbocycles. The minimum atomic E-state index is -0.336. The van der Waals surface area contributed by atoms with Gasteiger partial charge in [-0.05, 0) is 25.1 Å². The Morgan fingerprint density at radius 3 is 2.55 bits per heavy atom. The summed E-state index contributed by atoms with van der Waals surface area (Å²) in [6, 6.07) is 15.4. The van der Waals surface area contributed by atoms with Crippen LogP contribution in [-0.2, 0) is 14.1 Å². The van der Waals surface area contributed by atoms with Crippen molar-refractivity contribution in [3.63, 3.8) is 0 Å². The number of para-hydroxylation sites is 3. The van der Waals surface area contributed by atoms with Gasteiger partial charge in [0.1, 0.15) is 0 Å². The van der Waals surface area contributed by atoms with Crippen molar-refractivity contribution in [2.45, 2.75) is 18.2 Å². The molecule has 1 unspecified atom stereocenters. The lowest BCUT2D eigenvalue weighted by molar-refractivity contribution is 0.102. The van der Waals surface area contributed by atoms with Crippen LogP contribution in [0, 0.1) is 0 Å². The molecule has 0 saturated carbocycles. The molecule has 2 heterocycles. The quantitative estimate of drug-likeness (QED) is 0.301. The van der Waals surface area contributed by atoms with E-state index in [-0.39, 0.29) is 17.6 Å². The van der Waals surface area contributed by atoms with Gasteiger partial charge in [0, 0.05) is 36.8 Å². The number of carbonyl (C=O) groups excluding carboxylic acids is 1. The highest BCUT2D eigenvalue weighted by molar-refractivity contribution is 7.99. The van der Waals surface area contributed by atoms with Crippen molar-refractivity contribution in [1.29, 1.82) is 0 Å². The summed E-state index contributed by atoms with van der Waals surface area (Å²) in [4.78, 5) is 12.9. The van der Waals surface area contributed by atoms with Crippen molar-refractivity contribution in [2.24, 2.45) is 14.1 Å². The third-order valence-corrected chi connectivity index (χ3v) is 6.15. The molecule has 0 radical (unpaired) electrons. The minimum absolute atomic E-state index is 0.0599. The Labute approximate surface area is 185 Å². The van der Waals surface area contributed by atoms with Crippen LogP contribution in [0.5, 0.6) is 11.5 Å². The van der Waals surface area contributed by atoms with Gasteiger partial charge in [-0.2, -0.15) is 0 Å². The van der Waals surface area contributed by atoms with Crippen LogP contribution in [0.3, 0.4) is 0 Å². The largest absolute Gasteiger partial charge is 0.493 e. The molecular weight excluding hydrogens is 412 g/mol. The Kier molecular flexibility index (Phi) is 5.99. The molecule has 1 atom stereocenters. The molecule has 31 heavy (non-hydrogen) atoms. The number of Topliss-reactive ketones (excluding diaryl/α,β-unsaturated/α-hetero) is 1. The Morgan fingerprint density at radius 2 is 1.77 bits per heavy atom. The molecule has 4 aromatic rings. The molecule has 0 N–H and O–H groups in total. The average molecular weight is 437 g/mol. The van der Waals surface area contributed by atoms with E-state index in [4.69, 9.17) is 9.47 Å². The predicted octanol–water partition coefficient (Wildman–Crippen LogP) is 4.43. The first kappa shape index (κ1) is 21.0. The van der Waals surface area contributed by atoms with Crippen LogP contribution in [0.2, 0.25) is 0 Å². The maximum absolute atomic E-state index is 12.9. The summed E-state index contributed by atoms with van der Waals surface area (Å²) in [5, 5.41) is 10.2. The first-order valence-corrected chi connectivity index (χ1v) is 10.9. The third-order valence-electron chi connectivity index (χ3n) is 5.13. The molecular formula is C23H24N4O3S. The van der Waals surface area contributed by atoms with Gasteiger partial charge in [-0.1, -0.05) is 42.1 Å². The van der Waals surface area contributed by atoms with Gasteiger partial charge in [0.05, 0.1) is 12.9 Å². The van der Waals surface area contributed by atoms with Crippen LogP contribution in [0.15, 0.2) is 59.9 Å². The van der Waals surface area contributed by atoms with E-state index in [0.717, 1.165) is 16.5 Å². The normalized spacial score (nSPS) is 12.1. The summed E-state index contributed by atoms with van der Waals surface area (Å²) in [6.07, 6.45) is 1.55. The van der Waals surface area contributed by atoms with Crippen molar-refractivity contribution < 1.29 is 14.3 Å². The predicted molar refractivity (Wildman–Crippen MR) is 121 cm³/mol. The number of carbonyl (C=O) groups is 1. The number of ketones is 1. The highest BCUT2D eigenvalue weighted by atomic mass is 32.2. The second kappa shape index (κ2) is 8.85. The smallest absolute Gasteiger partial charge is 0.191 e. The number of ether oxygens (including phenoxy) is 2. The zero-order valence-corrected chi connectivity index (χ0v) is 18.7. The molecule has 2 aromatic heterocycles. The first-order valence-electron chi connectivity index (χ1n) is 9.88. The summed E-state index contributed by atoms with van der Waals surface area (Å²) < 4.78 is 15.2. The van der Waals surface area contributed by atoms with Gasteiger partial charge in [-0.3, -0.25) is 4.79 Å². The molecule has 0 saturated heterocycles. The number of hydrogen-bond acceptors (Lipinski definition) is 6. The fraction of sp³-hybridized carbons (Fsp3) is 0.261. The molecule has 4 rings (SSSR count). The second-order valence-electron chi connectivity index (χ2n) is 7.19. The van der Waals surface area contributed by atoms with Crippen molar-refractivity contribution in [1.82, 2.24) is 19.3 Å². The van der Waals surface area contributed by atoms with Gasteiger partial charge in [0.2, 0.25) is 0 Å². The van der Waals surface area contributed by atoms with Gasteiger partial charge in [0.15, 0.2) is 34.4 Å². The zero-order valence-electron chi connectivity index (χ0n) is 17.9. The number of aryl methyl sites for hydroxylation is 1. The fourth-order valence-electron chi connectivity index (χ4n) is 3.54. The lowest BCUT2D eigenvalue weighted by atomic mass is 10.1. The minimum Gasteiger partial charge on any atom is -0.493 e. The molecule has 0 fully saturated rings. The van der Waals surface area contributed by atoms with Crippen LogP contribution in [-0.4, -0.2) is 38.0 Å².